The zero-order valence-electron chi connectivity index (χ0n) is 9.51. The molecule has 0 atom stereocenters. The molecule has 0 aromatic carbocycles. The first-order chi connectivity index (χ1) is 6.77. The Kier molecular flexibility index (Phi) is 10.7. The van der Waals surface area contributed by atoms with E-state index in [1.807, 2.05) is 0 Å². The van der Waals surface area contributed by atoms with Crippen LogP contribution in [-0.4, -0.2) is 5.88 Å². The van der Waals surface area contributed by atoms with E-state index in [1.54, 1.807) is 0 Å². The molecule has 0 radical (unpaired) electrons. The molecule has 0 saturated heterocycles. The largest absolute Gasteiger partial charge is 0.127 e. The van der Waals surface area contributed by atoms with E-state index in [2.05, 4.69) is 38.2 Å². The lowest BCUT2D eigenvalue weighted by atomic mass is 10.1. The molecule has 0 fully saturated rings. The van der Waals surface area contributed by atoms with Crippen LogP contribution in [0.5, 0.6) is 0 Å². The van der Waals surface area contributed by atoms with Crippen LogP contribution in [0.3, 0.4) is 0 Å². The molecule has 0 heterocycles. The summed E-state index contributed by atoms with van der Waals surface area (Å²) in [5.41, 5.74) is 0. The van der Waals surface area contributed by atoms with Gasteiger partial charge in [0, 0.05) is 5.88 Å². The molecule has 14 heavy (non-hydrogen) atoms. The maximum absolute atomic E-state index is 5.59. The van der Waals surface area contributed by atoms with Gasteiger partial charge in [-0.1, -0.05) is 51.0 Å². The van der Waals surface area contributed by atoms with Crippen LogP contribution in [0, 0.1) is 5.92 Å². The molecule has 0 nitrogen and oxygen atoms in total. The molecule has 0 aliphatic rings. The van der Waals surface area contributed by atoms with Crippen molar-refractivity contribution in [2.45, 2.75) is 46.0 Å². The summed E-state index contributed by atoms with van der Waals surface area (Å²) in [4.78, 5) is 0. The van der Waals surface area contributed by atoms with Gasteiger partial charge in [-0.15, -0.1) is 11.6 Å². The van der Waals surface area contributed by atoms with Crippen LogP contribution in [0.1, 0.15) is 46.0 Å². The van der Waals surface area contributed by atoms with Crippen molar-refractivity contribution in [1.29, 1.82) is 0 Å². The number of alkyl halides is 1. The van der Waals surface area contributed by atoms with Gasteiger partial charge in [0.05, 0.1) is 0 Å². The average Bonchev–Trinajstić information content (AvgIpc) is 2.15. The highest BCUT2D eigenvalue weighted by Gasteiger charge is 1.86. The summed E-state index contributed by atoms with van der Waals surface area (Å²) in [7, 11) is 0. The lowest BCUT2D eigenvalue weighted by Gasteiger charge is -1.95. The molecule has 0 aliphatic carbocycles. The molecule has 0 rings (SSSR count). The molecule has 0 N–H and O–H groups in total. The van der Waals surface area contributed by atoms with Crippen LogP contribution >= 0.6 is 11.6 Å². The maximum Gasteiger partial charge on any atom is 0.0223 e. The van der Waals surface area contributed by atoms with E-state index in [4.69, 9.17) is 11.6 Å². The smallest absolute Gasteiger partial charge is 0.0223 e. The number of hydrogen-bond donors (Lipinski definition) is 0. The minimum atomic E-state index is 0.656. The van der Waals surface area contributed by atoms with Gasteiger partial charge in [-0.25, -0.2) is 0 Å². The summed E-state index contributed by atoms with van der Waals surface area (Å²) in [5, 5.41) is 0. The highest BCUT2D eigenvalue weighted by molar-refractivity contribution is 6.17. The van der Waals surface area contributed by atoms with E-state index < -0.39 is 0 Å². The molecule has 0 aromatic heterocycles. The van der Waals surface area contributed by atoms with E-state index >= 15 is 0 Å². The third-order valence-electron chi connectivity index (χ3n) is 2.00. The van der Waals surface area contributed by atoms with Gasteiger partial charge in [0.25, 0.3) is 0 Å². The Morgan fingerprint density at radius 2 is 1.71 bits per heavy atom. The van der Waals surface area contributed by atoms with Gasteiger partial charge >= 0.3 is 0 Å². The predicted molar refractivity (Wildman–Crippen MR) is 66.9 cm³/mol. The summed E-state index contributed by atoms with van der Waals surface area (Å²) in [6.45, 7) is 4.38. The van der Waals surface area contributed by atoms with Crippen LogP contribution in [0.25, 0.3) is 0 Å². The monoisotopic (exact) mass is 214 g/mol. The van der Waals surface area contributed by atoms with E-state index in [9.17, 15) is 0 Å². The van der Waals surface area contributed by atoms with Gasteiger partial charge in [-0.2, -0.15) is 0 Å². The first kappa shape index (κ1) is 13.8. The standard InChI is InChI=1S/C13H23Cl/c1-13(2)11-9-7-5-3-4-6-8-10-12-14/h5,7,9,11,13H,3-4,6,8,10,12H2,1-2H3/b7-5+,11-9-. The van der Waals surface area contributed by atoms with Gasteiger partial charge in [-0.3, -0.25) is 0 Å². The van der Waals surface area contributed by atoms with E-state index in [0.717, 1.165) is 5.88 Å². The second-order valence-electron chi connectivity index (χ2n) is 3.95. The Labute approximate surface area is 94.0 Å². The van der Waals surface area contributed by atoms with Crippen molar-refractivity contribution in [3.63, 3.8) is 0 Å². The quantitative estimate of drug-likeness (QED) is 0.305. The van der Waals surface area contributed by atoms with Gasteiger partial charge in [0.15, 0.2) is 0 Å². The second kappa shape index (κ2) is 10.8. The second-order valence-corrected chi connectivity index (χ2v) is 4.33. The molecule has 1 heteroatoms. The molecule has 0 aromatic rings. The summed E-state index contributed by atoms with van der Waals surface area (Å²) in [6.07, 6.45) is 15.0. The van der Waals surface area contributed by atoms with Crippen LogP contribution < -0.4 is 0 Å². The molecule has 0 unspecified atom stereocenters. The number of halogens is 1. The minimum absolute atomic E-state index is 0.656. The number of hydrogen-bond acceptors (Lipinski definition) is 0. The molecular formula is C13H23Cl. The Morgan fingerprint density at radius 3 is 2.36 bits per heavy atom. The third-order valence-corrected chi connectivity index (χ3v) is 2.26. The Bertz CT molecular complexity index is 157. The number of unbranched alkanes of at least 4 members (excludes halogenated alkanes) is 4. The zero-order valence-corrected chi connectivity index (χ0v) is 10.3. The summed E-state index contributed by atoms with van der Waals surface area (Å²) < 4.78 is 0. The fraction of sp³-hybridized carbons (Fsp3) is 0.692. The summed E-state index contributed by atoms with van der Waals surface area (Å²) in [5.74, 6) is 1.47. The normalized spacial score (nSPS) is 12.3. The lowest BCUT2D eigenvalue weighted by Crippen LogP contribution is -1.78. The SMILES string of the molecule is CC(C)/C=C\C=C\CCCCCCCl. The van der Waals surface area contributed by atoms with Crippen molar-refractivity contribution < 1.29 is 0 Å². The predicted octanol–water partition coefficient (Wildman–Crippen LogP) is 4.94. The summed E-state index contributed by atoms with van der Waals surface area (Å²) in [6, 6.07) is 0. The molecule has 0 aliphatic heterocycles. The van der Waals surface area contributed by atoms with Crippen LogP contribution in [0.4, 0.5) is 0 Å². The molecule has 0 spiro atoms. The molecule has 82 valence electrons. The topological polar surface area (TPSA) is 0 Å². The van der Waals surface area contributed by atoms with Crippen molar-refractivity contribution in [1.82, 2.24) is 0 Å². The highest BCUT2D eigenvalue weighted by Crippen LogP contribution is 2.04. The lowest BCUT2D eigenvalue weighted by molar-refractivity contribution is 0.677. The fourth-order valence-electron chi connectivity index (χ4n) is 1.17. The van der Waals surface area contributed by atoms with Gasteiger partial charge < -0.3 is 0 Å². The van der Waals surface area contributed by atoms with Crippen molar-refractivity contribution >= 4 is 11.6 Å². The van der Waals surface area contributed by atoms with Crippen molar-refractivity contribution in [3.05, 3.63) is 24.3 Å². The van der Waals surface area contributed by atoms with Gasteiger partial charge in [0.1, 0.15) is 0 Å². The van der Waals surface area contributed by atoms with Gasteiger partial charge in [-0.05, 0) is 25.2 Å². The maximum atomic E-state index is 5.59. The van der Waals surface area contributed by atoms with E-state index in [0.29, 0.717) is 5.92 Å². The average molecular weight is 215 g/mol. The minimum Gasteiger partial charge on any atom is -0.127 e. The Hall–Kier alpha value is -0.230. The van der Waals surface area contributed by atoms with E-state index in [-0.39, 0.29) is 0 Å². The Morgan fingerprint density at radius 1 is 1.00 bits per heavy atom. The van der Waals surface area contributed by atoms with Crippen molar-refractivity contribution in [2.75, 3.05) is 5.88 Å². The first-order valence-electron chi connectivity index (χ1n) is 5.66. The fourth-order valence-corrected chi connectivity index (χ4v) is 1.36. The van der Waals surface area contributed by atoms with Crippen molar-refractivity contribution in [2.24, 2.45) is 5.92 Å². The van der Waals surface area contributed by atoms with Crippen LogP contribution in [-0.2, 0) is 0 Å². The van der Waals surface area contributed by atoms with Crippen molar-refractivity contribution in [3.8, 4) is 0 Å². The van der Waals surface area contributed by atoms with Crippen LogP contribution in [0.15, 0.2) is 24.3 Å². The zero-order chi connectivity index (χ0) is 10.6. The molecule has 0 amide bonds. The first-order valence-corrected chi connectivity index (χ1v) is 6.20. The van der Waals surface area contributed by atoms with E-state index in [1.165, 1.54) is 32.1 Å². The third kappa shape index (κ3) is 11.8. The Balaban J connectivity index is 3.19. The highest BCUT2D eigenvalue weighted by atomic mass is 35.5. The number of allylic oxidation sites excluding steroid dienone is 4. The van der Waals surface area contributed by atoms with Gasteiger partial charge in [0.2, 0.25) is 0 Å². The molecule has 0 saturated carbocycles. The number of rotatable bonds is 8. The molecular weight excluding hydrogens is 192 g/mol. The van der Waals surface area contributed by atoms with Crippen LogP contribution in [0.2, 0.25) is 0 Å². The summed E-state index contributed by atoms with van der Waals surface area (Å²) >= 11 is 5.59. The molecule has 0 bridgehead atoms.